The molecule has 2 aliphatic heterocycles. The largest absolute Gasteiger partial charge is 0.390 e. The monoisotopic (exact) mass is 342 g/mol. The number of carbonyl (C=O) groups is 1. The number of aryl methyl sites for hydroxylation is 2. The lowest BCUT2D eigenvalue weighted by atomic mass is 9.82. The van der Waals surface area contributed by atoms with E-state index < -0.39 is 11.7 Å². The van der Waals surface area contributed by atoms with Crippen molar-refractivity contribution in [2.45, 2.75) is 51.2 Å². The molecule has 0 bridgehead atoms. The third-order valence-corrected chi connectivity index (χ3v) is 6.07. The molecule has 0 aliphatic carbocycles. The third kappa shape index (κ3) is 2.75. The fourth-order valence-corrected chi connectivity index (χ4v) is 4.25. The predicted octanol–water partition coefficient (Wildman–Crippen LogP) is 2.93. The Morgan fingerprint density at radius 3 is 2.80 bits per heavy atom. The van der Waals surface area contributed by atoms with E-state index in [0.29, 0.717) is 32.5 Å². The van der Waals surface area contributed by atoms with Gasteiger partial charge in [0.15, 0.2) is 0 Å². The number of H-pyrrole nitrogens is 1. The maximum absolute atomic E-state index is 12.9. The fraction of sp³-hybridized carbons (Fsp3) is 0.550. The molecule has 2 aliphatic rings. The van der Waals surface area contributed by atoms with E-state index in [2.05, 4.69) is 18.8 Å². The second-order valence-electron chi connectivity index (χ2n) is 7.50. The summed E-state index contributed by atoms with van der Waals surface area (Å²) in [6.07, 6.45) is 2.74. The number of aromatic amines is 1. The second kappa shape index (κ2) is 6.15. The van der Waals surface area contributed by atoms with E-state index in [1.807, 2.05) is 23.1 Å². The number of piperidine rings is 1. The number of rotatable bonds is 1. The van der Waals surface area contributed by atoms with Crippen LogP contribution in [0, 0.1) is 13.8 Å². The highest BCUT2D eigenvalue weighted by Crippen LogP contribution is 2.35. The quantitative estimate of drug-likeness (QED) is 0.837. The number of hydrogen-bond acceptors (Lipinski definition) is 3. The first-order valence-corrected chi connectivity index (χ1v) is 9.20. The van der Waals surface area contributed by atoms with Crippen LogP contribution in [-0.2, 0) is 4.74 Å². The first-order valence-electron chi connectivity index (χ1n) is 9.20. The van der Waals surface area contributed by atoms with E-state index >= 15 is 0 Å². The minimum atomic E-state index is -0.437. The lowest BCUT2D eigenvalue weighted by molar-refractivity contribution is -0.174. The smallest absolute Gasteiger partial charge is 0.253 e. The Kier molecular flexibility index (Phi) is 4.08. The highest BCUT2D eigenvalue weighted by Gasteiger charge is 2.44. The Hall–Kier alpha value is -1.85. The number of aliphatic hydroxyl groups is 1. The minimum absolute atomic E-state index is 0.0697. The van der Waals surface area contributed by atoms with Crippen molar-refractivity contribution in [3.05, 3.63) is 35.0 Å². The van der Waals surface area contributed by atoms with Crippen molar-refractivity contribution in [2.24, 2.45) is 0 Å². The van der Waals surface area contributed by atoms with Gasteiger partial charge in [0, 0.05) is 41.9 Å². The molecule has 0 saturated carbocycles. The van der Waals surface area contributed by atoms with Crippen LogP contribution in [0.25, 0.3) is 10.9 Å². The van der Waals surface area contributed by atoms with E-state index in [0.717, 1.165) is 35.0 Å². The Morgan fingerprint density at radius 1 is 1.32 bits per heavy atom. The number of fused-ring (bicyclic) bond motifs is 1. The molecule has 2 fully saturated rings. The molecule has 2 saturated heterocycles. The topological polar surface area (TPSA) is 65.6 Å². The van der Waals surface area contributed by atoms with Crippen molar-refractivity contribution < 1.29 is 14.6 Å². The standard InChI is InChI=1S/C20H26N2O3/c1-13-14(2)21-17-6-5-15(12-16(13)17)19(24)22-9-7-20(8-10-22)18(23)4-3-11-25-20/h5-6,12,18,21,23H,3-4,7-11H2,1-2H3/t18-/m0/s1. The normalized spacial score (nSPS) is 23.3. The average Bonchev–Trinajstić information content (AvgIpc) is 2.92. The summed E-state index contributed by atoms with van der Waals surface area (Å²) in [6.45, 7) is 6.12. The number of likely N-dealkylation sites (tertiary alicyclic amines) is 1. The molecular formula is C20H26N2O3. The van der Waals surface area contributed by atoms with Crippen LogP contribution >= 0.6 is 0 Å². The van der Waals surface area contributed by atoms with E-state index in [1.54, 1.807) is 0 Å². The van der Waals surface area contributed by atoms with E-state index in [1.165, 1.54) is 5.56 Å². The van der Waals surface area contributed by atoms with Crippen LogP contribution in [-0.4, -0.2) is 52.3 Å². The molecule has 1 aromatic heterocycles. The van der Waals surface area contributed by atoms with Gasteiger partial charge in [0.25, 0.3) is 5.91 Å². The molecule has 3 heterocycles. The molecule has 5 heteroatoms. The van der Waals surface area contributed by atoms with E-state index in [9.17, 15) is 9.90 Å². The first kappa shape index (κ1) is 16.6. The second-order valence-corrected chi connectivity index (χ2v) is 7.50. The Balaban J connectivity index is 1.51. The highest BCUT2D eigenvalue weighted by molar-refractivity contribution is 5.99. The summed E-state index contributed by atoms with van der Waals surface area (Å²) < 4.78 is 5.94. The molecule has 0 unspecified atom stereocenters. The third-order valence-electron chi connectivity index (χ3n) is 6.07. The number of nitrogens with one attached hydrogen (secondary N) is 1. The lowest BCUT2D eigenvalue weighted by Crippen LogP contribution is -2.56. The number of hydrogen-bond donors (Lipinski definition) is 2. The van der Waals surface area contributed by atoms with Gasteiger partial charge < -0.3 is 19.7 Å². The molecule has 2 aromatic rings. The van der Waals surface area contributed by atoms with Gasteiger partial charge in [0.1, 0.15) is 0 Å². The van der Waals surface area contributed by atoms with Gasteiger partial charge in [-0.2, -0.15) is 0 Å². The van der Waals surface area contributed by atoms with Gasteiger partial charge in [-0.1, -0.05) is 0 Å². The van der Waals surface area contributed by atoms with Crippen LogP contribution in [0.5, 0.6) is 0 Å². The summed E-state index contributed by atoms with van der Waals surface area (Å²) in [6, 6.07) is 5.88. The number of benzene rings is 1. The Morgan fingerprint density at radius 2 is 2.08 bits per heavy atom. The van der Waals surface area contributed by atoms with Crippen LogP contribution < -0.4 is 0 Å². The molecule has 25 heavy (non-hydrogen) atoms. The summed E-state index contributed by atoms with van der Waals surface area (Å²) in [7, 11) is 0. The van der Waals surface area contributed by atoms with Crippen LogP contribution in [0.3, 0.4) is 0 Å². The van der Waals surface area contributed by atoms with Gasteiger partial charge in [0.05, 0.1) is 11.7 Å². The molecule has 1 spiro atoms. The van der Waals surface area contributed by atoms with Gasteiger partial charge in [-0.25, -0.2) is 0 Å². The number of aliphatic hydroxyl groups excluding tert-OH is 1. The number of aromatic nitrogens is 1. The maximum Gasteiger partial charge on any atom is 0.253 e. The number of ether oxygens (including phenoxy) is 1. The zero-order valence-electron chi connectivity index (χ0n) is 15.0. The molecule has 1 aromatic carbocycles. The van der Waals surface area contributed by atoms with E-state index in [4.69, 9.17) is 4.74 Å². The molecule has 1 amide bonds. The highest BCUT2D eigenvalue weighted by atomic mass is 16.5. The SMILES string of the molecule is Cc1[nH]c2ccc(C(=O)N3CCC4(CC3)OCCC[C@@H]4O)cc2c1C. The number of carbonyl (C=O) groups excluding carboxylic acids is 1. The van der Waals surface area contributed by atoms with Crippen LogP contribution in [0.2, 0.25) is 0 Å². The summed E-state index contributed by atoms with van der Waals surface area (Å²) in [5.41, 5.74) is 3.70. The van der Waals surface area contributed by atoms with Crippen LogP contribution in [0.15, 0.2) is 18.2 Å². The summed E-state index contributed by atoms with van der Waals surface area (Å²) in [4.78, 5) is 18.2. The van der Waals surface area contributed by atoms with Crippen LogP contribution in [0.1, 0.15) is 47.3 Å². The summed E-state index contributed by atoms with van der Waals surface area (Å²) in [5, 5.41) is 11.5. The van der Waals surface area contributed by atoms with Gasteiger partial charge >= 0.3 is 0 Å². The molecule has 134 valence electrons. The van der Waals surface area contributed by atoms with Crippen molar-refractivity contribution >= 4 is 16.8 Å². The minimum Gasteiger partial charge on any atom is -0.390 e. The van der Waals surface area contributed by atoms with Gasteiger partial charge in [0.2, 0.25) is 0 Å². The number of nitrogens with zero attached hydrogens (tertiary/aromatic N) is 1. The maximum atomic E-state index is 12.9. The summed E-state index contributed by atoms with van der Waals surface area (Å²) >= 11 is 0. The summed E-state index contributed by atoms with van der Waals surface area (Å²) in [5.74, 6) is 0.0697. The van der Waals surface area contributed by atoms with E-state index in [-0.39, 0.29) is 5.91 Å². The molecule has 0 radical (unpaired) electrons. The molecule has 1 atom stereocenters. The van der Waals surface area contributed by atoms with Gasteiger partial charge in [-0.3, -0.25) is 4.79 Å². The Labute approximate surface area is 148 Å². The lowest BCUT2D eigenvalue weighted by Gasteiger charge is -2.46. The van der Waals surface area contributed by atoms with Crippen molar-refractivity contribution in [1.29, 1.82) is 0 Å². The van der Waals surface area contributed by atoms with Crippen molar-refractivity contribution in [1.82, 2.24) is 9.88 Å². The van der Waals surface area contributed by atoms with Crippen molar-refractivity contribution in [3.63, 3.8) is 0 Å². The van der Waals surface area contributed by atoms with Crippen molar-refractivity contribution in [3.8, 4) is 0 Å². The predicted molar refractivity (Wildman–Crippen MR) is 96.8 cm³/mol. The molecule has 4 rings (SSSR count). The molecule has 2 N–H and O–H groups in total. The number of amides is 1. The fourth-order valence-electron chi connectivity index (χ4n) is 4.25. The first-order chi connectivity index (χ1) is 12.0. The molecular weight excluding hydrogens is 316 g/mol. The zero-order chi connectivity index (χ0) is 17.6. The van der Waals surface area contributed by atoms with Gasteiger partial charge in [-0.05, 0) is 63.3 Å². The van der Waals surface area contributed by atoms with Crippen molar-refractivity contribution in [2.75, 3.05) is 19.7 Å². The Bertz CT molecular complexity index is 803. The van der Waals surface area contributed by atoms with Crippen LogP contribution in [0.4, 0.5) is 0 Å². The van der Waals surface area contributed by atoms with Gasteiger partial charge in [-0.15, -0.1) is 0 Å². The zero-order valence-corrected chi connectivity index (χ0v) is 15.0. The average molecular weight is 342 g/mol. The molecule has 5 nitrogen and oxygen atoms in total.